The summed E-state index contributed by atoms with van der Waals surface area (Å²) in [7, 11) is 0. The molecule has 8 heteroatoms. The summed E-state index contributed by atoms with van der Waals surface area (Å²) in [6, 6.07) is 13.9. The van der Waals surface area contributed by atoms with Gasteiger partial charge in [0.1, 0.15) is 17.5 Å². The number of carboxylic acid groups (broad SMARTS) is 1. The number of alkyl halides is 3. The maximum Gasteiger partial charge on any atom is 0.395 e. The number of ether oxygens (including phenoxy) is 1. The van der Waals surface area contributed by atoms with Crippen LogP contribution in [0.5, 0.6) is 11.5 Å². The van der Waals surface area contributed by atoms with Gasteiger partial charge in [-0.3, -0.25) is 4.79 Å². The fourth-order valence-corrected chi connectivity index (χ4v) is 3.58. The Hall–Kier alpha value is -2.19. The second kappa shape index (κ2) is 10.4. The van der Waals surface area contributed by atoms with E-state index in [2.05, 4.69) is 0 Å². The van der Waals surface area contributed by atoms with Crippen LogP contribution in [0, 0.1) is 0 Å². The van der Waals surface area contributed by atoms with Gasteiger partial charge in [0.25, 0.3) is 0 Å². The van der Waals surface area contributed by atoms with Crippen molar-refractivity contribution in [3.63, 3.8) is 0 Å². The van der Waals surface area contributed by atoms with E-state index in [1.54, 1.807) is 12.1 Å². The summed E-state index contributed by atoms with van der Waals surface area (Å²) < 4.78 is 46.0. The Balaban J connectivity index is 1.92. The molecule has 152 valence electrons. The average molecular weight is 413 g/mol. The van der Waals surface area contributed by atoms with Crippen LogP contribution in [-0.4, -0.2) is 34.8 Å². The Labute approximate surface area is 165 Å². The van der Waals surface area contributed by atoms with Crippen LogP contribution in [-0.2, 0) is 4.79 Å². The van der Waals surface area contributed by atoms with E-state index in [4.69, 9.17) is 15.6 Å². The summed E-state index contributed by atoms with van der Waals surface area (Å²) in [5.74, 6) is -0.947. The summed E-state index contributed by atoms with van der Waals surface area (Å²) in [4.78, 5) is 10.6. The van der Waals surface area contributed by atoms with Crippen LogP contribution in [0.15, 0.2) is 54.6 Å². The number of benzene rings is 2. The summed E-state index contributed by atoms with van der Waals surface area (Å²) in [5.41, 5.74) is 5.56. The minimum atomic E-state index is -4.36. The van der Waals surface area contributed by atoms with E-state index in [0.717, 1.165) is 0 Å². The van der Waals surface area contributed by atoms with Gasteiger partial charge in [-0.15, -0.1) is 0 Å². The number of thioether (sulfide) groups is 1. The van der Waals surface area contributed by atoms with Crippen LogP contribution in [0.4, 0.5) is 13.2 Å². The molecule has 0 aliphatic rings. The van der Waals surface area contributed by atoms with Crippen molar-refractivity contribution in [2.24, 2.45) is 5.73 Å². The molecule has 0 saturated carbocycles. The van der Waals surface area contributed by atoms with Crippen LogP contribution in [0.2, 0.25) is 0 Å². The van der Waals surface area contributed by atoms with E-state index in [0.29, 0.717) is 17.3 Å². The number of rotatable bonds is 10. The first-order valence-corrected chi connectivity index (χ1v) is 9.88. The predicted octanol–water partition coefficient (Wildman–Crippen LogP) is 5.05. The van der Waals surface area contributed by atoms with Gasteiger partial charge in [-0.05, 0) is 54.2 Å². The summed E-state index contributed by atoms with van der Waals surface area (Å²) in [6.45, 7) is 0. The molecule has 0 aromatic heterocycles. The number of nitrogens with two attached hydrogens (primary N) is 1. The molecule has 28 heavy (non-hydrogen) atoms. The van der Waals surface area contributed by atoms with Gasteiger partial charge in [0.2, 0.25) is 0 Å². The topological polar surface area (TPSA) is 72.5 Å². The molecule has 0 radical (unpaired) electrons. The lowest BCUT2D eigenvalue weighted by atomic mass is 9.96. The quantitative estimate of drug-likeness (QED) is 0.533. The Morgan fingerprint density at radius 1 is 1.00 bits per heavy atom. The van der Waals surface area contributed by atoms with Gasteiger partial charge in [-0.1, -0.05) is 30.3 Å². The minimum absolute atomic E-state index is 0.0879. The zero-order valence-corrected chi connectivity index (χ0v) is 15.9. The van der Waals surface area contributed by atoms with Crippen molar-refractivity contribution in [2.45, 2.75) is 31.0 Å². The minimum Gasteiger partial charge on any atom is -0.480 e. The third kappa shape index (κ3) is 7.09. The van der Waals surface area contributed by atoms with Crippen molar-refractivity contribution in [1.29, 1.82) is 0 Å². The van der Waals surface area contributed by atoms with Crippen molar-refractivity contribution in [1.82, 2.24) is 0 Å². The first kappa shape index (κ1) is 22.1. The van der Waals surface area contributed by atoms with Crippen LogP contribution in [0.3, 0.4) is 0 Å². The average Bonchev–Trinajstić information content (AvgIpc) is 2.65. The molecule has 0 amide bonds. The normalized spacial score (nSPS) is 13.7. The lowest BCUT2D eigenvalue weighted by molar-refractivity contribution is -0.150. The van der Waals surface area contributed by atoms with Crippen molar-refractivity contribution in [3.05, 3.63) is 60.2 Å². The number of para-hydroxylation sites is 1. The molecule has 0 bridgehead atoms. The van der Waals surface area contributed by atoms with E-state index in [1.165, 1.54) is 36.0 Å². The molecule has 0 heterocycles. The maximum atomic E-state index is 13.5. The highest BCUT2D eigenvalue weighted by Crippen LogP contribution is 2.39. The van der Waals surface area contributed by atoms with Gasteiger partial charge in [0.05, 0.1) is 5.92 Å². The van der Waals surface area contributed by atoms with E-state index in [1.807, 2.05) is 18.2 Å². The van der Waals surface area contributed by atoms with Crippen LogP contribution in [0.25, 0.3) is 0 Å². The molecule has 0 spiro atoms. The van der Waals surface area contributed by atoms with Gasteiger partial charge < -0.3 is 15.6 Å². The molecule has 2 aromatic rings. The molecule has 2 aromatic carbocycles. The number of halogens is 3. The summed E-state index contributed by atoms with van der Waals surface area (Å²) in [5, 5.41) is 8.70. The smallest absolute Gasteiger partial charge is 0.395 e. The predicted molar refractivity (Wildman–Crippen MR) is 104 cm³/mol. The standard InChI is InChI=1S/C20H22F3NO3S/c21-20(22,23)17(10-12-28-13-11-18(24)19(25)26)14-6-8-16(9-7-14)27-15-4-2-1-3-5-15/h1-9,17-18H,10-13,24H2,(H,25,26). The molecule has 2 atom stereocenters. The molecule has 0 aliphatic heterocycles. The van der Waals surface area contributed by atoms with Crippen molar-refractivity contribution >= 4 is 17.7 Å². The number of hydrogen-bond acceptors (Lipinski definition) is 4. The van der Waals surface area contributed by atoms with Crippen molar-refractivity contribution in [3.8, 4) is 11.5 Å². The number of aliphatic carboxylic acids is 1. The van der Waals surface area contributed by atoms with Gasteiger partial charge in [0, 0.05) is 0 Å². The molecule has 3 N–H and O–H groups in total. The lowest BCUT2D eigenvalue weighted by Gasteiger charge is -2.21. The Kier molecular flexibility index (Phi) is 8.19. The third-order valence-electron chi connectivity index (χ3n) is 4.10. The van der Waals surface area contributed by atoms with Gasteiger partial charge in [-0.2, -0.15) is 24.9 Å². The molecule has 0 fully saturated rings. The van der Waals surface area contributed by atoms with Crippen molar-refractivity contribution < 1.29 is 27.8 Å². The van der Waals surface area contributed by atoms with E-state index in [-0.39, 0.29) is 24.2 Å². The Bertz CT molecular complexity index is 739. The van der Waals surface area contributed by atoms with E-state index in [9.17, 15) is 18.0 Å². The molecular weight excluding hydrogens is 391 g/mol. The monoisotopic (exact) mass is 413 g/mol. The van der Waals surface area contributed by atoms with E-state index < -0.39 is 24.1 Å². The molecule has 2 rings (SSSR count). The summed E-state index contributed by atoms with van der Waals surface area (Å²) >= 11 is 1.28. The van der Waals surface area contributed by atoms with Crippen LogP contribution in [0.1, 0.15) is 24.3 Å². The highest BCUT2D eigenvalue weighted by Gasteiger charge is 2.40. The maximum absolute atomic E-state index is 13.5. The van der Waals surface area contributed by atoms with Crippen LogP contribution < -0.4 is 10.5 Å². The molecule has 0 aliphatic carbocycles. The van der Waals surface area contributed by atoms with Gasteiger partial charge >= 0.3 is 12.1 Å². The summed E-state index contributed by atoms with van der Waals surface area (Å²) in [6.07, 6.45) is -4.22. The SMILES string of the molecule is NC(CCSCCC(c1ccc(Oc2ccccc2)cc1)C(F)(F)F)C(=O)O. The zero-order chi connectivity index (χ0) is 20.6. The first-order valence-electron chi connectivity index (χ1n) is 8.73. The number of hydrogen-bond donors (Lipinski definition) is 2. The molecule has 2 unspecified atom stereocenters. The zero-order valence-electron chi connectivity index (χ0n) is 15.1. The molecule has 0 saturated heterocycles. The van der Waals surface area contributed by atoms with Gasteiger partial charge in [0.15, 0.2) is 0 Å². The highest BCUT2D eigenvalue weighted by atomic mass is 32.2. The second-order valence-electron chi connectivity index (χ2n) is 6.21. The third-order valence-corrected chi connectivity index (χ3v) is 5.15. The largest absolute Gasteiger partial charge is 0.480 e. The molecule has 4 nitrogen and oxygen atoms in total. The fourth-order valence-electron chi connectivity index (χ4n) is 2.55. The fraction of sp³-hybridized carbons (Fsp3) is 0.350. The Morgan fingerprint density at radius 2 is 1.57 bits per heavy atom. The first-order chi connectivity index (χ1) is 13.3. The number of carbonyl (C=O) groups is 1. The van der Waals surface area contributed by atoms with Crippen molar-refractivity contribution in [2.75, 3.05) is 11.5 Å². The number of carboxylic acids is 1. The van der Waals surface area contributed by atoms with E-state index >= 15 is 0 Å². The lowest BCUT2D eigenvalue weighted by Crippen LogP contribution is -2.30. The van der Waals surface area contributed by atoms with Gasteiger partial charge in [-0.25, -0.2) is 0 Å². The second-order valence-corrected chi connectivity index (χ2v) is 7.44. The van der Waals surface area contributed by atoms with Crippen LogP contribution >= 0.6 is 11.8 Å². The highest BCUT2D eigenvalue weighted by molar-refractivity contribution is 7.99. The molecular formula is C20H22F3NO3S. The Morgan fingerprint density at radius 3 is 2.14 bits per heavy atom.